The van der Waals surface area contributed by atoms with Gasteiger partial charge in [0.2, 0.25) is 11.8 Å². The Morgan fingerprint density at radius 3 is 1.78 bits per heavy atom. The fourth-order valence-electron chi connectivity index (χ4n) is 2.05. The number of amides is 2. The van der Waals surface area contributed by atoms with Crippen LogP contribution in [-0.4, -0.2) is 52.7 Å². The lowest BCUT2D eigenvalue weighted by Crippen LogP contribution is -2.55. The van der Waals surface area contributed by atoms with E-state index in [0.717, 1.165) is 0 Å². The zero-order chi connectivity index (χ0) is 18.2. The maximum Gasteiger partial charge on any atom is 0.328 e. The van der Waals surface area contributed by atoms with Gasteiger partial charge in [-0.25, -0.2) is 4.79 Å². The molecule has 0 bridgehead atoms. The fraction of sp³-hybridized carbons (Fsp3) is 0.800. The highest BCUT2D eigenvalue weighted by Gasteiger charge is 2.28. The van der Waals surface area contributed by atoms with Crippen molar-refractivity contribution in [1.82, 2.24) is 10.6 Å². The molecule has 0 aromatic rings. The number of hydrogen-bond donors (Lipinski definition) is 5. The molecule has 0 saturated carbocycles. The molecule has 0 rings (SSSR count). The maximum atomic E-state index is 12.2. The third-order valence-corrected chi connectivity index (χ3v) is 3.20. The highest BCUT2D eigenvalue weighted by atomic mass is 16.4. The zero-order valence-corrected chi connectivity index (χ0v) is 14.2. The summed E-state index contributed by atoms with van der Waals surface area (Å²) in [6.45, 7) is 6.90. The molecule has 8 nitrogen and oxygen atoms in total. The van der Waals surface area contributed by atoms with Crippen molar-refractivity contribution >= 4 is 17.8 Å². The third kappa shape index (κ3) is 8.51. The topological polar surface area (TPSA) is 142 Å². The van der Waals surface area contributed by atoms with Gasteiger partial charge in [-0.2, -0.15) is 0 Å². The SMILES string of the molecule is CC(C)C[C@H](NC(=O)[C@@H](N)CC(C)C)C(=O)N[C@@H](CO)C(=O)O. The van der Waals surface area contributed by atoms with Crippen LogP contribution in [0.5, 0.6) is 0 Å². The average molecular weight is 331 g/mol. The normalized spacial score (nSPS) is 15.1. The number of hydrogen-bond acceptors (Lipinski definition) is 5. The largest absolute Gasteiger partial charge is 0.480 e. The molecule has 6 N–H and O–H groups in total. The Balaban J connectivity index is 4.89. The molecule has 23 heavy (non-hydrogen) atoms. The summed E-state index contributed by atoms with van der Waals surface area (Å²) in [5, 5.41) is 22.6. The number of carboxylic acid groups (broad SMARTS) is 1. The van der Waals surface area contributed by atoms with E-state index in [1.807, 2.05) is 27.7 Å². The van der Waals surface area contributed by atoms with E-state index in [9.17, 15) is 14.4 Å². The number of carbonyl (C=O) groups excluding carboxylic acids is 2. The van der Waals surface area contributed by atoms with Gasteiger partial charge in [0.1, 0.15) is 12.1 Å². The monoisotopic (exact) mass is 331 g/mol. The third-order valence-electron chi connectivity index (χ3n) is 3.20. The van der Waals surface area contributed by atoms with E-state index in [1.165, 1.54) is 0 Å². The van der Waals surface area contributed by atoms with Crippen LogP contribution in [0.15, 0.2) is 0 Å². The first kappa shape index (κ1) is 21.3. The molecule has 0 aliphatic heterocycles. The van der Waals surface area contributed by atoms with Crippen molar-refractivity contribution in [2.24, 2.45) is 17.6 Å². The van der Waals surface area contributed by atoms with Crippen LogP contribution in [-0.2, 0) is 14.4 Å². The molecular weight excluding hydrogens is 302 g/mol. The Labute approximate surface area is 136 Å². The molecule has 0 saturated heterocycles. The van der Waals surface area contributed by atoms with Crippen LogP contribution >= 0.6 is 0 Å². The second kappa shape index (κ2) is 10.2. The molecular formula is C15H29N3O5. The highest BCUT2D eigenvalue weighted by molar-refractivity contribution is 5.91. The predicted molar refractivity (Wildman–Crippen MR) is 85.5 cm³/mol. The molecule has 0 heterocycles. The van der Waals surface area contributed by atoms with Crippen molar-refractivity contribution in [3.8, 4) is 0 Å². The molecule has 8 heteroatoms. The minimum atomic E-state index is -1.40. The molecule has 134 valence electrons. The van der Waals surface area contributed by atoms with Crippen LogP contribution in [0.3, 0.4) is 0 Å². The number of nitrogens with one attached hydrogen (secondary N) is 2. The first-order valence-electron chi connectivity index (χ1n) is 7.78. The minimum absolute atomic E-state index is 0.102. The number of rotatable bonds is 10. The molecule has 0 aliphatic carbocycles. The number of aliphatic hydroxyl groups excluding tert-OH is 1. The molecule has 2 amide bonds. The molecule has 0 unspecified atom stereocenters. The maximum absolute atomic E-state index is 12.2. The molecule has 3 atom stereocenters. The molecule has 0 aromatic heterocycles. The summed E-state index contributed by atoms with van der Waals surface area (Å²) < 4.78 is 0. The van der Waals surface area contributed by atoms with Crippen molar-refractivity contribution < 1.29 is 24.6 Å². The number of carboxylic acids is 1. The summed E-state index contributed by atoms with van der Waals surface area (Å²) in [5.74, 6) is -2.10. The van der Waals surface area contributed by atoms with Gasteiger partial charge in [0.25, 0.3) is 0 Å². The van der Waals surface area contributed by atoms with Gasteiger partial charge in [0, 0.05) is 0 Å². The van der Waals surface area contributed by atoms with Crippen molar-refractivity contribution in [3.05, 3.63) is 0 Å². The van der Waals surface area contributed by atoms with E-state index in [-0.39, 0.29) is 11.8 Å². The van der Waals surface area contributed by atoms with Crippen molar-refractivity contribution in [1.29, 1.82) is 0 Å². The lowest BCUT2D eigenvalue weighted by atomic mass is 10.0. The second-order valence-electron chi connectivity index (χ2n) is 6.51. The summed E-state index contributed by atoms with van der Waals surface area (Å²) in [5.41, 5.74) is 5.80. The molecule has 0 spiro atoms. The van der Waals surface area contributed by atoms with Crippen LogP contribution in [0.4, 0.5) is 0 Å². The van der Waals surface area contributed by atoms with Crippen molar-refractivity contribution in [2.45, 2.75) is 58.7 Å². The van der Waals surface area contributed by atoms with Gasteiger partial charge in [-0.05, 0) is 24.7 Å². The molecule has 0 aromatic carbocycles. The fourth-order valence-corrected chi connectivity index (χ4v) is 2.05. The summed E-state index contributed by atoms with van der Waals surface area (Å²) in [6, 6.07) is -3.03. The number of aliphatic hydroxyl groups is 1. The lowest BCUT2D eigenvalue weighted by Gasteiger charge is -2.24. The quantitative estimate of drug-likeness (QED) is 0.364. The van der Waals surface area contributed by atoms with E-state index in [4.69, 9.17) is 15.9 Å². The van der Waals surface area contributed by atoms with Crippen LogP contribution in [0, 0.1) is 11.8 Å². The summed E-state index contributed by atoms with van der Waals surface area (Å²) in [4.78, 5) is 35.2. The first-order chi connectivity index (χ1) is 10.6. The van der Waals surface area contributed by atoms with E-state index in [1.54, 1.807) is 0 Å². The standard InChI is InChI=1S/C15H29N3O5/c1-8(2)5-10(16)13(20)17-11(6-9(3)4)14(21)18-12(7-19)15(22)23/h8-12,19H,5-7,16H2,1-4H3,(H,17,20)(H,18,21)(H,22,23)/t10-,11-,12-/m0/s1. The van der Waals surface area contributed by atoms with Gasteiger partial charge < -0.3 is 26.6 Å². The Kier molecular flexibility index (Phi) is 9.43. The molecule has 0 fully saturated rings. The van der Waals surface area contributed by atoms with Gasteiger partial charge in [0.05, 0.1) is 12.6 Å². The van der Waals surface area contributed by atoms with E-state index in [0.29, 0.717) is 12.8 Å². The molecule has 0 aliphatic rings. The number of carbonyl (C=O) groups is 3. The zero-order valence-electron chi connectivity index (χ0n) is 14.2. The number of aliphatic carboxylic acids is 1. The minimum Gasteiger partial charge on any atom is -0.480 e. The van der Waals surface area contributed by atoms with Crippen molar-refractivity contribution in [3.63, 3.8) is 0 Å². The smallest absolute Gasteiger partial charge is 0.328 e. The molecule has 0 radical (unpaired) electrons. The van der Waals surface area contributed by atoms with Crippen LogP contribution < -0.4 is 16.4 Å². The second-order valence-corrected chi connectivity index (χ2v) is 6.51. The van der Waals surface area contributed by atoms with Crippen molar-refractivity contribution in [2.75, 3.05) is 6.61 Å². The summed E-state index contributed by atoms with van der Waals surface area (Å²) in [6.07, 6.45) is 0.819. The van der Waals surface area contributed by atoms with Crippen LogP contribution in [0.1, 0.15) is 40.5 Å². The number of nitrogens with two attached hydrogens (primary N) is 1. The predicted octanol–water partition coefficient (Wildman–Crippen LogP) is -0.548. The first-order valence-corrected chi connectivity index (χ1v) is 7.78. The Hall–Kier alpha value is -1.67. The summed E-state index contributed by atoms with van der Waals surface area (Å²) >= 11 is 0. The lowest BCUT2D eigenvalue weighted by molar-refractivity contribution is -0.143. The van der Waals surface area contributed by atoms with Gasteiger partial charge in [0.15, 0.2) is 0 Å². The van der Waals surface area contributed by atoms with Gasteiger partial charge >= 0.3 is 5.97 Å². The van der Waals surface area contributed by atoms with Gasteiger partial charge in [-0.15, -0.1) is 0 Å². The van der Waals surface area contributed by atoms with Crippen LogP contribution in [0.2, 0.25) is 0 Å². The average Bonchev–Trinajstić information content (AvgIpc) is 2.41. The Morgan fingerprint density at radius 2 is 1.39 bits per heavy atom. The van der Waals surface area contributed by atoms with Crippen LogP contribution in [0.25, 0.3) is 0 Å². The van der Waals surface area contributed by atoms with E-state index < -0.39 is 42.5 Å². The van der Waals surface area contributed by atoms with Gasteiger partial charge in [-0.1, -0.05) is 27.7 Å². The summed E-state index contributed by atoms with van der Waals surface area (Å²) in [7, 11) is 0. The van der Waals surface area contributed by atoms with E-state index >= 15 is 0 Å². The van der Waals surface area contributed by atoms with E-state index in [2.05, 4.69) is 10.6 Å². The Morgan fingerprint density at radius 1 is 0.913 bits per heavy atom. The highest BCUT2D eigenvalue weighted by Crippen LogP contribution is 2.08. The Bertz CT molecular complexity index is 412. The van der Waals surface area contributed by atoms with Gasteiger partial charge in [-0.3, -0.25) is 9.59 Å².